The molecule has 2 aromatic carbocycles. The molecule has 0 N–H and O–H groups in total. The molecule has 0 bridgehead atoms. The minimum atomic E-state index is -3.13. The minimum Gasteiger partial charge on any atom is -0.497 e. The van der Waals surface area contributed by atoms with Crippen LogP contribution in [0.15, 0.2) is 47.5 Å². The number of carbonyl (C=O) groups excluding carboxylic acids is 1. The lowest BCUT2D eigenvalue weighted by atomic mass is 10.1. The van der Waals surface area contributed by atoms with Gasteiger partial charge in [0.25, 0.3) is 5.91 Å². The summed E-state index contributed by atoms with van der Waals surface area (Å²) in [6, 6.07) is 12.1. The summed E-state index contributed by atoms with van der Waals surface area (Å²) in [6.45, 7) is 0.402. The second-order valence-electron chi connectivity index (χ2n) is 7.55. The average molecular weight is 477 g/mol. The SMILES string of the molecule is COc1ccc(C(=O)N=C2SC3CS(=O)(=O)CC3N2Cc2ccc(OC)c(OC)c2)cc1. The zero-order chi connectivity index (χ0) is 22.9. The van der Waals surface area contributed by atoms with Gasteiger partial charge in [0.2, 0.25) is 0 Å². The van der Waals surface area contributed by atoms with Crippen molar-refractivity contribution in [3.05, 3.63) is 53.6 Å². The highest BCUT2D eigenvalue weighted by molar-refractivity contribution is 8.15. The Morgan fingerprint density at radius 2 is 1.75 bits per heavy atom. The summed E-state index contributed by atoms with van der Waals surface area (Å²) in [5, 5.41) is 0.382. The van der Waals surface area contributed by atoms with Crippen molar-refractivity contribution in [1.82, 2.24) is 4.90 Å². The number of hydrogen-bond acceptors (Lipinski definition) is 7. The summed E-state index contributed by atoms with van der Waals surface area (Å²) in [6.07, 6.45) is 0. The number of amidine groups is 1. The number of sulfone groups is 1. The Labute approximate surface area is 191 Å². The Morgan fingerprint density at radius 1 is 1.03 bits per heavy atom. The highest BCUT2D eigenvalue weighted by Gasteiger charge is 2.48. The Morgan fingerprint density at radius 3 is 2.41 bits per heavy atom. The molecule has 0 aliphatic carbocycles. The zero-order valence-corrected chi connectivity index (χ0v) is 19.6. The van der Waals surface area contributed by atoms with Crippen molar-refractivity contribution >= 4 is 32.7 Å². The lowest BCUT2D eigenvalue weighted by molar-refractivity contribution is 0.100. The van der Waals surface area contributed by atoms with Crippen molar-refractivity contribution < 1.29 is 27.4 Å². The summed E-state index contributed by atoms with van der Waals surface area (Å²) < 4.78 is 40.3. The van der Waals surface area contributed by atoms with Gasteiger partial charge >= 0.3 is 0 Å². The van der Waals surface area contributed by atoms with Gasteiger partial charge in [-0.25, -0.2) is 8.42 Å². The Bertz CT molecular complexity index is 1150. The van der Waals surface area contributed by atoms with E-state index < -0.39 is 9.84 Å². The van der Waals surface area contributed by atoms with Gasteiger partial charge in [0.1, 0.15) is 5.75 Å². The van der Waals surface area contributed by atoms with Crippen LogP contribution in [0.2, 0.25) is 0 Å². The first kappa shape index (κ1) is 22.5. The molecule has 4 rings (SSSR count). The van der Waals surface area contributed by atoms with Crippen LogP contribution in [-0.2, 0) is 16.4 Å². The average Bonchev–Trinajstić information content (AvgIpc) is 3.25. The van der Waals surface area contributed by atoms with Crippen LogP contribution in [0.25, 0.3) is 0 Å². The number of rotatable bonds is 6. The van der Waals surface area contributed by atoms with E-state index in [0.717, 1.165) is 5.56 Å². The van der Waals surface area contributed by atoms with Gasteiger partial charge in [0.05, 0.1) is 38.9 Å². The van der Waals surface area contributed by atoms with Crippen LogP contribution in [0, 0.1) is 0 Å². The number of aliphatic imine (C=N–C) groups is 1. The third-order valence-electron chi connectivity index (χ3n) is 5.51. The van der Waals surface area contributed by atoms with E-state index in [9.17, 15) is 13.2 Å². The summed E-state index contributed by atoms with van der Waals surface area (Å²) in [4.78, 5) is 19.1. The van der Waals surface area contributed by atoms with Gasteiger partial charge < -0.3 is 19.1 Å². The molecule has 2 aliphatic heterocycles. The molecule has 0 saturated carbocycles. The first-order valence-corrected chi connectivity index (χ1v) is 12.7. The summed E-state index contributed by atoms with van der Waals surface area (Å²) in [5.41, 5.74) is 1.34. The molecule has 0 aromatic heterocycles. The molecular weight excluding hydrogens is 452 g/mol. The normalized spacial score (nSPS) is 22.6. The van der Waals surface area contributed by atoms with Crippen LogP contribution < -0.4 is 14.2 Å². The third-order valence-corrected chi connectivity index (χ3v) is 8.76. The number of methoxy groups -OCH3 is 3. The van der Waals surface area contributed by atoms with E-state index in [2.05, 4.69) is 4.99 Å². The smallest absolute Gasteiger partial charge is 0.279 e. The van der Waals surface area contributed by atoms with E-state index in [1.807, 2.05) is 17.0 Å². The van der Waals surface area contributed by atoms with Gasteiger partial charge in [-0.3, -0.25) is 4.79 Å². The van der Waals surface area contributed by atoms with Crippen LogP contribution in [0.5, 0.6) is 17.2 Å². The van der Waals surface area contributed by atoms with Crippen molar-refractivity contribution in [3.8, 4) is 17.2 Å². The highest BCUT2D eigenvalue weighted by atomic mass is 32.2. The van der Waals surface area contributed by atoms with Crippen molar-refractivity contribution in [3.63, 3.8) is 0 Å². The van der Waals surface area contributed by atoms with E-state index in [1.165, 1.54) is 11.8 Å². The fourth-order valence-corrected chi connectivity index (χ4v) is 7.83. The molecule has 2 heterocycles. The summed E-state index contributed by atoms with van der Waals surface area (Å²) in [7, 11) is 1.56. The van der Waals surface area contributed by atoms with Crippen LogP contribution in [0.4, 0.5) is 0 Å². The van der Waals surface area contributed by atoms with Crippen molar-refractivity contribution in [2.75, 3.05) is 32.8 Å². The lowest BCUT2D eigenvalue weighted by Gasteiger charge is -2.25. The van der Waals surface area contributed by atoms with E-state index in [1.54, 1.807) is 51.7 Å². The van der Waals surface area contributed by atoms with Gasteiger partial charge in [-0.15, -0.1) is 0 Å². The van der Waals surface area contributed by atoms with Crippen molar-refractivity contribution in [2.24, 2.45) is 4.99 Å². The number of ether oxygens (including phenoxy) is 3. The maximum absolute atomic E-state index is 12.8. The monoisotopic (exact) mass is 476 g/mol. The predicted molar refractivity (Wildman–Crippen MR) is 124 cm³/mol. The number of hydrogen-bond donors (Lipinski definition) is 0. The van der Waals surface area contributed by atoms with E-state index in [-0.39, 0.29) is 28.7 Å². The standard InChI is InChI=1S/C22H24N2O6S2/c1-28-16-7-5-15(6-8-16)21(25)23-22-24(17-12-32(26,27)13-20(17)31-22)11-14-4-9-18(29-2)19(10-14)30-3/h4-10,17,20H,11-13H2,1-3H3. The fourth-order valence-electron chi connectivity index (χ4n) is 3.88. The van der Waals surface area contributed by atoms with Gasteiger partial charge in [-0.05, 0) is 42.0 Å². The quantitative estimate of drug-likeness (QED) is 0.628. The molecule has 8 nitrogen and oxygen atoms in total. The molecule has 170 valence electrons. The molecular formula is C22H24N2O6S2. The molecule has 1 amide bonds. The zero-order valence-electron chi connectivity index (χ0n) is 18.0. The minimum absolute atomic E-state index is 0.0493. The van der Waals surface area contributed by atoms with Crippen molar-refractivity contribution in [2.45, 2.75) is 17.8 Å². The molecule has 10 heteroatoms. The van der Waals surface area contributed by atoms with Crippen molar-refractivity contribution in [1.29, 1.82) is 0 Å². The van der Waals surface area contributed by atoms with E-state index in [4.69, 9.17) is 14.2 Å². The predicted octanol–water partition coefficient (Wildman–Crippen LogP) is 2.62. The van der Waals surface area contributed by atoms with Gasteiger partial charge in [-0.1, -0.05) is 17.8 Å². The molecule has 0 spiro atoms. The molecule has 2 saturated heterocycles. The third kappa shape index (κ3) is 4.56. The second kappa shape index (κ2) is 9.03. The summed E-state index contributed by atoms with van der Waals surface area (Å²) in [5.74, 6) is 1.60. The van der Waals surface area contributed by atoms with Gasteiger partial charge in [-0.2, -0.15) is 4.99 Å². The molecule has 2 aliphatic rings. The highest BCUT2D eigenvalue weighted by Crippen LogP contribution is 2.40. The first-order valence-electron chi connectivity index (χ1n) is 9.95. The van der Waals surface area contributed by atoms with E-state index in [0.29, 0.717) is 34.5 Å². The number of carbonyl (C=O) groups is 1. The van der Waals surface area contributed by atoms with Gasteiger partial charge in [0.15, 0.2) is 26.5 Å². The van der Waals surface area contributed by atoms with Gasteiger partial charge in [0, 0.05) is 17.4 Å². The molecule has 0 radical (unpaired) electrons. The van der Waals surface area contributed by atoms with Crippen LogP contribution >= 0.6 is 11.8 Å². The second-order valence-corrected chi connectivity index (χ2v) is 10.9. The molecule has 32 heavy (non-hydrogen) atoms. The number of benzene rings is 2. The summed E-state index contributed by atoms with van der Waals surface area (Å²) >= 11 is 1.35. The topological polar surface area (TPSA) is 94.5 Å². The first-order chi connectivity index (χ1) is 15.3. The van der Waals surface area contributed by atoms with E-state index >= 15 is 0 Å². The Hall–Kier alpha value is -2.72. The maximum Gasteiger partial charge on any atom is 0.279 e. The Balaban J connectivity index is 1.63. The largest absolute Gasteiger partial charge is 0.497 e. The van der Waals surface area contributed by atoms with Crippen LogP contribution in [0.3, 0.4) is 0 Å². The number of thioether (sulfide) groups is 1. The van der Waals surface area contributed by atoms with Crippen LogP contribution in [0.1, 0.15) is 15.9 Å². The Kier molecular flexibility index (Phi) is 6.34. The van der Waals surface area contributed by atoms with Crippen LogP contribution in [-0.4, -0.2) is 68.5 Å². The maximum atomic E-state index is 12.8. The molecule has 2 fully saturated rings. The molecule has 2 unspecified atom stereocenters. The molecule has 2 aromatic rings. The molecule has 2 atom stereocenters. The number of amides is 1. The fraction of sp³-hybridized carbons (Fsp3) is 0.364. The number of fused-ring (bicyclic) bond motifs is 1. The lowest BCUT2D eigenvalue weighted by Crippen LogP contribution is -2.37. The number of nitrogens with zero attached hydrogens (tertiary/aromatic N) is 2.